The molecule has 7 heteroatoms. The van der Waals surface area contributed by atoms with E-state index in [4.69, 9.17) is 4.74 Å². The van der Waals surface area contributed by atoms with Crippen molar-refractivity contribution in [3.05, 3.63) is 65.0 Å². The number of hydrogen-bond donors (Lipinski definition) is 3. The fourth-order valence-electron chi connectivity index (χ4n) is 2.89. The Morgan fingerprint density at radius 3 is 2.43 bits per heavy atom. The number of benzene rings is 2. The van der Waals surface area contributed by atoms with E-state index in [-0.39, 0.29) is 18.1 Å². The minimum Gasteiger partial charge on any atom is -0.496 e. The van der Waals surface area contributed by atoms with Crippen molar-refractivity contribution in [3.8, 4) is 5.75 Å². The van der Waals surface area contributed by atoms with E-state index in [0.717, 1.165) is 29.8 Å². The van der Waals surface area contributed by atoms with E-state index in [1.165, 1.54) is 17.7 Å². The van der Waals surface area contributed by atoms with Crippen LogP contribution in [0.3, 0.4) is 0 Å². The molecule has 30 heavy (non-hydrogen) atoms. The number of aliphatic imine (C=N–C) groups is 1. The Morgan fingerprint density at radius 1 is 1.03 bits per heavy atom. The molecule has 2 rings (SSSR count). The number of methoxy groups -OCH3 is 1. The van der Waals surface area contributed by atoms with Crippen molar-refractivity contribution in [1.82, 2.24) is 16.0 Å². The van der Waals surface area contributed by atoms with E-state index >= 15 is 0 Å². The second-order valence-electron chi connectivity index (χ2n) is 6.89. The first kappa shape index (κ1) is 23.2. The van der Waals surface area contributed by atoms with E-state index in [9.17, 15) is 9.18 Å². The lowest BCUT2D eigenvalue weighted by Crippen LogP contribution is -2.41. The molecule has 0 heterocycles. The zero-order valence-corrected chi connectivity index (χ0v) is 17.9. The third kappa shape index (κ3) is 8.11. The van der Waals surface area contributed by atoms with Gasteiger partial charge in [-0.2, -0.15) is 0 Å². The Bertz CT molecular complexity index is 838. The quantitative estimate of drug-likeness (QED) is 0.317. The third-order valence-corrected chi connectivity index (χ3v) is 4.50. The molecule has 0 saturated carbocycles. The van der Waals surface area contributed by atoms with Crippen molar-refractivity contribution in [3.63, 3.8) is 0 Å². The number of rotatable bonds is 10. The van der Waals surface area contributed by atoms with Crippen molar-refractivity contribution >= 4 is 11.9 Å². The van der Waals surface area contributed by atoms with Crippen LogP contribution in [0.5, 0.6) is 5.75 Å². The van der Waals surface area contributed by atoms with Crippen molar-refractivity contribution in [2.45, 2.75) is 26.7 Å². The molecule has 1 amide bonds. The van der Waals surface area contributed by atoms with Crippen LogP contribution >= 0.6 is 0 Å². The normalized spacial score (nSPS) is 11.1. The largest absolute Gasteiger partial charge is 0.496 e. The standard InChI is InChI=1S/C23H31FN4O2/c1-4-25-23(27-12-11-19-6-5-17(2)21(15-19)30-3)28-14-13-26-22(29)16-18-7-9-20(24)10-8-18/h5-10,15H,4,11-14,16H2,1-3H3,(H,26,29)(H2,25,27,28). The first-order valence-corrected chi connectivity index (χ1v) is 10.2. The lowest BCUT2D eigenvalue weighted by molar-refractivity contribution is -0.120. The van der Waals surface area contributed by atoms with Crippen LogP contribution in [0.2, 0.25) is 0 Å². The van der Waals surface area contributed by atoms with E-state index in [2.05, 4.69) is 33.1 Å². The van der Waals surface area contributed by atoms with Crippen LogP contribution in [0.1, 0.15) is 23.6 Å². The fraction of sp³-hybridized carbons (Fsp3) is 0.391. The van der Waals surface area contributed by atoms with Gasteiger partial charge < -0.3 is 20.7 Å². The number of aryl methyl sites for hydroxylation is 1. The Morgan fingerprint density at radius 2 is 1.73 bits per heavy atom. The van der Waals surface area contributed by atoms with Crippen LogP contribution in [-0.4, -0.2) is 45.2 Å². The summed E-state index contributed by atoms with van der Waals surface area (Å²) in [6, 6.07) is 12.1. The van der Waals surface area contributed by atoms with Crippen LogP contribution in [0.4, 0.5) is 4.39 Å². The zero-order valence-electron chi connectivity index (χ0n) is 17.9. The minimum absolute atomic E-state index is 0.0985. The Balaban J connectivity index is 1.73. The van der Waals surface area contributed by atoms with Gasteiger partial charge in [-0.05, 0) is 55.2 Å². The molecule has 0 aliphatic heterocycles. The molecule has 0 bridgehead atoms. The maximum atomic E-state index is 12.9. The summed E-state index contributed by atoms with van der Waals surface area (Å²) in [5, 5.41) is 9.27. The van der Waals surface area contributed by atoms with Crippen LogP contribution in [-0.2, 0) is 17.6 Å². The van der Waals surface area contributed by atoms with Gasteiger partial charge in [0.1, 0.15) is 11.6 Å². The average Bonchev–Trinajstić information content (AvgIpc) is 2.74. The summed E-state index contributed by atoms with van der Waals surface area (Å²) in [6.07, 6.45) is 1.04. The Labute approximate surface area is 177 Å². The Kier molecular flexibility index (Phi) is 9.64. The lowest BCUT2D eigenvalue weighted by atomic mass is 10.1. The molecule has 2 aromatic rings. The summed E-state index contributed by atoms with van der Waals surface area (Å²) >= 11 is 0. The molecule has 6 nitrogen and oxygen atoms in total. The summed E-state index contributed by atoms with van der Waals surface area (Å²) in [5.41, 5.74) is 3.07. The van der Waals surface area contributed by atoms with Crippen molar-refractivity contribution < 1.29 is 13.9 Å². The van der Waals surface area contributed by atoms with E-state index in [1.54, 1.807) is 19.2 Å². The molecule has 0 aliphatic carbocycles. The highest BCUT2D eigenvalue weighted by molar-refractivity contribution is 5.80. The summed E-state index contributed by atoms with van der Waals surface area (Å²) in [5.74, 6) is 1.20. The van der Waals surface area contributed by atoms with Gasteiger partial charge in [0.25, 0.3) is 0 Å². The van der Waals surface area contributed by atoms with E-state index < -0.39 is 0 Å². The van der Waals surface area contributed by atoms with Gasteiger partial charge in [-0.25, -0.2) is 4.39 Å². The maximum absolute atomic E-state index is 12.9. The summed E-state index contributed by atoms with van der Waals surface area (Å²) in [4.78, 5) is 16.6. The second kappa shape index (κ2) is 12.5. The number of amides is 1. The molecule has 0 unspecified atom stereocenters. The highest BCUT2D eigenvalue weighted by Crippen LogP contribution is 2.19. The highest BCUT2D eigenvalue weighted by Gasteiger charge is 2.04. The fourth-order valence-corrected chi connectivity index (χ4v) is 2.89. The molecule has 0 aliphatic rings. The molecule has 0 spiro atoms. The first-order valence-electron chi connectivity index (χ1n) is 10.2. The van der Waals surface area contributed by atoms with Gasteiger partial charge >= 0.3 is 0 Å². The van der Waals surface area contributed by atoms with Crippen molar-refractivity contribution in [2.75, 3.05) is 33.3 Å². The number of nitrogens with zero attached hydrogens (tertiary/aromatic N) is 1. The predicted molar refractivity (Wildman–Crippen MR) is 119 cm³/mol. The maximum Gasteiger partial charge on any atom is 0.224 e. The molecule has 0 atom stereocenters. The van der Waals surface area contributed by atoms with Crippen LogP contribution < -0.4 is 20.7 Å². The van der Waals surface area contributed by atoms with E-state index in [1.807, 2.05) is 19.9 Å². The van der Waals surface area contributed by atoms with Gasteiger partial charge in [0.05, 0.1) is 13.5 Å². The minimum atomic E-state index is -0.305. The molecule has 3 N–H and O–H groups in total. The van der Waals surface area contributed by atoms with Gasteiger partial charge in [0.15, 0.2) is 5.96 Å². The summed E-state index contributed by atoms with van der Waals surface area (Å²) in [7, 11) is 1.68. The van der Waals surface area contributed by atoms with Gasteiger partial charge in [-0.3, -0.25) is 9.79 Å². The van der Waals surface area contributed by atoms with Crippen LogP contribution in [0, 0.1) is 12.7 Å². The number of carbonyl (C=O) groups is 1. The highest BCUT2D eigenvalue weighted by atomic mass is 19.1. The van der Waals surface area contributed by atoms with Gasteiger partial charge in [-0.1, -0.05) is 24.3 Å². The molecule has 0 saturated heterocycles. The monoisotopic (exact) mass is 414 g/mol. The van der Waals surface area contributed by atoms with E-state index in [0.29, 0.717) is 25.6 Å². The smallest absolute Gasteiger partial charge is 0.224 e. The van der Waals surface area contributed by atoms with Crippen molar-refractivity contribution in [2.24, 2.45) is 4.99 Å². The molecule has 162 valence electrons. The predicted octanol–water partition coefficient (Wildman–Crippen LogP) is 2.60. The SMILES string of the molecule is CCNC(=NCCc1ccc(C)c(OC)c1)NCCNC(=O)Cc1ccc(F)cc1. The first-order chi connectivity index (χ1) is 14.5. The summed E-state index contributed by atoms with van der Waals surface area (Å²) in [6.45, 7) is 6.44. The number of guanidine groups is 1. The number of ether oxygens (including phenoxy) is 1. The third-order valence-electron chi connectivity index (χ3n) is 4.50. The molecule has 0 radical (unpaired) electrons. The average molecular weight is 415 g/mol. The molecule has 0 aromatic heterocycles. The molecular weight excluding hydrogens is 383 g/mol. The van der Waals surface area contributed by atoms with Crippen molar-refractivity contribution in [1.29, 1.82) is 0 Å². The summed E-state index contributed by atoms with van der Waals surface area (Å²) < 4.78 is 18.3. The Hall–Kier alpha value is -3.09. The van der Waals surface area contributed by atoms with Gasteiger partial charge in [0, 0.05) is 26.2 Å². The molecular formula is C23H31FN4O2. The van der Waals surface area contributed by atoms with Gasteiger partial charge in [0.2, 0.25) is 5.91 Å². The number of nitrogens with one attached hydrogen (secondary N) is 3. The number of hydrogen-bond acceptors (Lipinski definition) is 3. The topological polar surface area (TPSA) is 74.8 Å². The van der Waals surface area contributed by atoms with Crippen LogP contribution in [0.25, 0.3) is 0 Å². The van der Waals surface area contributed by atoms with Gasteiger partial charge in [-0.15, -0.1) is 0 Å². The second-order valence-corrected chi connectivity index (χ2v) is 6.89. The zero-order chi connectivity index (χ0) is 21.8. The number of carbonyl (C=O) groups excluding carboxylic acids is 1. The van der Waals surface area contributed by atoms with Crippen LogP contribution in [0.15, 0.2) is 47.5 Å². The molecule has 2 aromatic carbocycles. The number of halogens is 1. The lowest BCUT2D eigenvalue weighted by Gasteiger charge is -2.12. The molecule has 0 fully saturated rings.